The molecule has 34 heavy (non-hydrogen) atoms. The largest absolute Gasteiger partial charge is 0.493 e. The maximum absolute atomic E-state index is 12.5. The molecule has 3 rings (SSSR count). The van der Waals surface area contributed by atoms with Crippen molar-refractivity contribution >= 4 is 40.2 Å². The number of carbonyl (C=O) groups is 1. The first-order chi connectivity index (χ1) is 16.4. The number of rotatable bonds is 10. The molecule has 0 fully saturated rings. The van der Waals surface area contributed by atoms with Crippen molar-refractivity contribution in [3.63, 3.8) is 0 Å². The third-order valence-corrected chi connectivity index (χ3v) is 6.76. The molecule has 0 unspecified atom stereocenters. The number of amides is 1. The molecular formula is C25H26N4O3S2. The van der Waals surface area contributed by atoms with Gasteiger partial charge in [-0.25, -0.2) is 0 Å². The minimum Gasteiger partial charge on any atom is -0.493 e. The van der Waals surface area contributed by atoms with Crippen LogP contribution in [0.3, 0.4) is 0 Å². The Hall–Kier alpha value is -3.35. The molecule has 176 valence electrons. The van der Waals surface area contributed by atoms with Crippen molar-refractivity contribution in [2.45, 2.75) is 31.6 Å². The highest BCUT2D eigenvalue weighted by atomic mass is 32.2. The lowest BCUT2D eigenvalue weighted by Crippen LogP contribution is -2.13. The van der Waals surface area contributed by atoms with Gasteiger partial charge in [0.1, 0.15) is 16.6 Å². The number of ether oxygens (including phenoxy) is 2. The van der Waals surface area contributed by atoms with Gasteiger partial charge >= 0.3 is 0 Å². The summed E-state index contributed by atoms with van der Waals surface area (Å²) >= 11 is 3.01. The van der Waals surface area contributed by atoms with Crippen molar-refractivity contribution in [1.29, 1.82) is 5.26 Å². The Balaban J connectivity index is 1.62. The van der Waals surface area contributed by atoms with E-state index in [-0.39, 0.29) is 11.5 Å². The van der Waals surface area contributed by atoms with E-state index in [4.69, 9.17) is 9.47 Å². The quantitative estimate of drug-likeness (QED) is 0.167. The van der Waals surface area contributed by atoms with Gasteiger partial charge < -0.3 is 9.47 Å². The van der Waals surface area contributed by atoms with Crippen LogP contribution in [0.1, 0.15) is 35.9 Å². The summed E-state index contributed by atoms with van der Waals surface area (Å²) in [5, 5.41) is 21.3. The molecule has 2 aromatic carbocycles. The Morgan fingerprint density at radius 1 is 1.21 bits per heavy atom. The number of nitrogens with zero attached hydrogens (tertiary/aromatic N) is 3. The van der Waals surface area contributed by atoms with Crippen LogP contribution in [0.15, 0.2) is 52.9 Å². The molecule has 1 N–H and O–H groups in total. The molecule has 0 radical (unpaired) electrons. The van der Waals surface area contributed by atoms with Gasteiger partial charge in [-0.2, -0.15) is 5.26 Å². The third-order valence-electron chi connectivity index (χ3n) is 4.65. The summed E-state index contributed by atoms with van der Waals surface area (Å²) in [5.41, 5.74) is 1.83. The van der Waals surface area contributed by atoms with E-state index in [1.165, 1.54) is 27.9 Å². The maximum Gasteiger partial charge on any atom is 0.268 e. The summed E-state index contributed by atoms with van der Waals surface area (Å²) in [6.07, 6.45) is 1.50. The van der Waals surface area contributed by atoms with Crippen molar-refractivity contribution in [2.24, 2.45) is 0 Å². The predicted octanol–water partition coefficient (Wildman–Crippen LogP) is 5.70. The second kappa shape index (κ2) is 12.2. The standard InChI is InChI=1S/C25H26N4O3S2/c1-16(2)24-28-29-25(34-24)27-23(30)19(15-26)13-18-7-10-21(22(14-18)31-4)32-11-12-33-20-8-5-17(3)6-9-20/h5-10,13-14,16H,11-12H2,1-4H3,(H,27,29,30)/b19-13-. The van der Waals surface area contributed by atoms with Gasteiger partial charge in [0.05, 0.1) is 13.7 Å². The summed E-state index contributed by atoms with van der Waals surface area (Å²) in [5.74, 6) is 1.58. The van der Waals surface area contributed by atoms with E-state index in [0.717, 1.165) is 10.8 Å². The molecule has 0 bridgehead atoms. The van der Waals surface area contributed by atoms with Gasteiger partial charge in [0.25, 0.3) is 5.91 Å². The lowest BCUT2D eigenvalue weighted by molar-refractivity contribution is -0.112. The minimum absolute atomic E-state index is 0.0495. The van der Waals surface area contributed by atoms with Gasteiger partial charge in [-0.05, 0) is 42.8 Å². The van der Waals surface area contributed by atoms with Gasteiger partial charge in [0.2, 0.25) is 5.13 Å². The van der Waals surface area contributed by atoms with Crippen molar-refractivity contribution in [1.82, 2.24) is 10.2 Å². The molecule has 0 saturated heterocycles. The van der Waals surface area contributed by atoms with Crippen LogP contribution in [0.25, 0.3) is 6.08 Å². The number of anilines is 1. The number of methoxy groups -OCH3 is 1. The molecule has 1 aromatic heterocycles. The number of aromatic nitrogens is 2. The number of carbonyl (C=O) groups excluding carboxylic acids is 1. The first kappa shape index (κ1) is 25.3. The number of benzene rings is 2. The zero-order valence-electron chi connectivity index (χ0n) is 19.5. The molecule has 3 aromatic rings. The molecule has 1 amide bonds. The summed E-state index contributed by atoms with van der Waals surface area (Å²) in [4.78, 5) is 13.7. The SMILES string of the molecule is COc1cc(/C=C(/C#N)C(=O)Nc2nnc(C(C)C)s2)ccc1OCCSc1ccc(C)cc1. The first-order valence-corrected chi connectivity index (χ1v) is 12.5. The minimum atomic E-state index is -0.540. The highest BCUT2D eigenvalue weighted by Gasteiger charge is 2.15. The van der Waals surface area contributed by atoms with Crippen LogP contribution in [-0.4, -0.2) is 35.6 Å². The average molecular weight is 495 g/mol. The van der Waals surface area contributed by atoms with Crippen LogP contribution < -0.4 is 14.8 Å². The molecule has 7 nitrogen and oxygen atoms in total. The van der Waals surface area contributed by atoms with E-state index in [0.29, 0.717) is 28.8 Å². The molecule has 9 heteroatoms. The fourth-order valence-corrected chi connectivity index (χ4v) is 4.31. The van der Waals surface area contributed by atoms with Crippen molar-refractivity contribution in [3.05, 3.63) is 64.2 Å². The topological polar surface area (TPSA) is 97.1 Å². The van der Waals surface area contributed by atoms with E-state index in [1.54, 1.807) is 37.1 Å². The van der Waals surface area contributed by atoms with Crippen molar-refractivity contribution in [2.75, 3.05) is 24.8 Å². The van der Waals surface area contributed by atoms with E-state index < -0.39 is 5.91 Å². The number of thioether (sulfide) groups is 1. The monoisotopic (exact) mass is 494 g/mol. The Kier molecular flexibility index (Phi) is 9.08. The lowest BCUT2D eigenvalue weighted by atomic mass is 10.1. The predicted molar refractivity (Wildman–Crippen MR) is 137 cm³/mol. The van der Waals surface area contributed by atoms with Gasteiger partial charge in [0, 0.05) is 16.6 Å². The summed E-state index contributed by atoms with van der Waals surface area (Å²) < 4.78 is 11.3. The van der Waals surface area contributed by atoms with Gasteiger partial charge in [-0.3, -0.25) is 10.1 Å². The summed E-state index contributed by atoms with van der Waals surface area (Å²) in [7, 11) is 1.55. The number of hydrogen-bond donors (Lipinski definition) is 1. The average Bonchev–Trinajstić information content (AvgIpc) is 3.30. The fourth-order valence-electron chi connectivity index (χ4n) is 2.84. The zero-order chi connectivity index (χ0) is 24.5. The molecule has 0 aliphatic carbocycles. The number of hydrogen-bond acceptors (Lipinski definition) is 8. The van der Waals surface area contributed by atoms with Crippen LogP contribution in [0.2, 0.25) is 0 Å². The second-order valence-electron chi connectivity index (χ2n) is 7.64. The first-order valence-electron chi connectivity index (χ1n) is 10.7. The second-order valence-corrected chi connectivity index (χ2v) is 9.82. The highest BCUT2D eigenvalue weighted by molar-refractivity contribution is 7.99. The molecule has 0 atom stereocenters. The van der Waals surface area contributed by atoms with Crippen LogP contribution in [0.5, 0.6) is 11.5 Å². The van der Waals surface area contributed by atoms with Crippen LogP contribution in [0.4, 0.5) is 5.13 Å². The van der Waals surface area contributed by atoms with Crippen LogP contribution in [-0.2, 0) is 4.79 Å². The molecule has 1 heterocycles. The fraction of sp³-hybridized carbons (Fsp3) is 0.280. The molecule has 0 aliphatic rings. The zero-order valence-corrected chi connectivity index (χ0v) is 21.1. The van der Waals surface area contributed by atoms with Crippen LogP contribution >= 0.6 is 23.1 Å². The molecule has 0 aliphatic heterocycles. The molecular weight excluding hydrogens is 468 g/mol. The van der Waals surface area contributed by atoms with E-state index in [9.17, 15) is 10.1 Å². The van der Waals surface area contributed by atoms with Crippen LogP contribution in [0, 0.1) is 18.3 Å². The molecule has 0 saturated carbocycles. The number of nitrogens with one attached hydrogen (secondary N) is 1. The smallest absolute Gasteiger partial charge is 0.268 e. The van der Waals surface area contributed by atoms with Gasteiger partial charge in [0.15, 0.2) is 11.5 Å². The van der Waals surface area contributed by atoms with E-state index >= 15 is 0 Å². The maximum atomic E-state index is 12.5. The highest BCUT2D eigenvalue weighted by Crippen LogP contribution is 2.30. The van der Waals surface area contributed by atoms with E-state index in [1.807, 2.05) is 19.9 Å². The number of nitriles is 1. The van der Waals surface area contributed by atoms with Gasteiger partial charge in [-0.15, -0.1) is 22.0 Å². The van der Waals surface area contributed by atoms with Crippen molar-refractivity contribution < 1.29 is 14.3 Å². The third kappa shape index (κ3) is 7.07. The number of aryl methyl sites for hydroxylation is 1. The Labute approximate surface area is 207 Å². The Morgan fingerprint density at radius 2 is 1.97 bits per heavy atom. The van der Waals surface area contributed by atoms with Crippen molar-refractivity contribution in [3.8, 4) is 17.6 Å². The normalized spacial score (nSPS) is 11.2. The van der Waals surface area contributed by atoms with E-state index in [2.05, 4.69) is 46.7 Å². The summed E-state index contributed by atoms with van der Waals surface area (Å²) in [6.45, 7) is 6.57. The van der Waals surface area contributed by atoms with Gasteiger partial charge in [-0.1, -0.05) is 48.9 Å². The Morgan fingerprint density at radius 3 is 2.62 bits per heavy atom. The molecule has 0 spiro atoms. The Bertz CT molecular complexity index is 1200. The lowest BCUT2D eigenvalue weighted by Gasteiger charge is -2.11. The summed E-state index contributed by atoms with van der Waals surface area (Å²) in [6, 6.07) is 15.6.